The van der Waals surface area contributed by atoms with E-state index in [9.17, 15) is 12.8 Å². The number of nitrogens with zero attached hydrogens (tertiary/aromatic N) is 1. The zero-order valence-electron chi connectivity index (χ0n) is 12.1. The Labute approximate surface area is 124 Å². The van der Waals surface area contributed by atoms with Gasteiger partial charge in [-0.05, 0) is 49.2 Å². The van der Waals surface area contributed by atoms with Crippen molar-refractivity contribution in [1.29, 1.82) is 0 Å². The second-order valence-corrected chi connectivity index (χ2v) is 6.80. The van der Waals surface area contributed by atoms with Crippen LogP contribution in [-0.2, 0) is 10.0 Å². The van der Waals surface area contributed by atoms with Crippen LogP contribution in [-0.4, -0.2) is 15.5 Å². The molecule has 0 heterocycles. The molecular formula is C15H17FN2O2S. The van der Waals surface area contributed by atoms with E-state index in [4.69, 9.17) is 5.73 Å². The molecule has 0 saturated heterocycles. The third kappa shape index (κ3) is 2.71. The average Bonchev–Trinajstić information content (AvgIpc) is 2.43. The first kappa shape index (κ1) is 15.3. The summed E-state index contributed by atoms with van der Waals surface area (Å²) in [7, 11) is -2.38. The predicted octanol–water partition coefficient (Wildman–Crippen LogP) is 2.85. The average molecular weight is 308 g/mol. The summed E-state index contributed by atoms with van der Waals surface area (Å²) in [6, 6.07) is 8.75. The van der Waals surface area contributed by atoms with Gasteiger partial charge in [-0.1, -0.05) is 12.1 Å². The van der Waals surface area contributed by atoms with Crippen LogP contribution in [0.3, 0.4) is 0 Å². The standard InChI is InChI=1S/C15H17FN2O2S/c1-10-4-5-11(2)15(14(10)17)21(19,20)18(3)13-8-6-12(16)7-9-13/h4-9H,17H2,1-3H3. The Morgan fingerprint density at radius 3 is 2.10 bits per heavy atom. The molecule has 0 aliphatic rings. The highest BCUT2D eigenvalue weighted by Gasteiger charge is 2.26. The number of anilines is 2. The summed E-state index contributed by atoms with van der Waals surface area (Å²) in [6.45, 7) is 3.45. The third-order valence-electron chi connectivity index (χ3n) is 3.42. The molecule has 0 amide bonds. The zero-order chi connectivity index (χ0) is 15.8. The molecule has 0 aromatic heterocycles. The molecule has 0 fully saturated rings. The number of aryl methyl sites for hydroxylation is 2. The Bertz CT molecular complexity index is 771. The lowest BCUT2D eigenvalue weighted by Crippen LogP contribution is -2.28. The molecule has 0 saturated carbocycles. The number of sulfonamides is 1. The van der Waals surface area contributed by atoms with Crippen LogP contribution in [0.5, 0.6) is 0 Å². The van der Waals surface area contributed by atoms with E-state index in [-0.39, 0.29) is 10.6 Å². The van der Waals surface area contributed by atoms with Crippen LogP contribution in [0.1, 0.15) is 11.1 Å². The van der Waals surface area contributed by atoms with Crippen molar-refractivity contribution in [3.63, 3.8) is 0 Å². The van der Waals surface area contributed by atoms with E-state index in [2.05, 4.69) is 0 Å². The molecule has 6 heteroatoms. The van der Waals surface area contributed by atoms with Gasteiger partial charge in [0.25, 0.3) is 10.0 Å². The van der Waals surface area contributed by atoms with Crippen LogP contribution < -0.4 is 10.0 Å². The lowest BCUT2D eigenvalue weighted by Gasteiger charge is -2.22. The fourth-order valence-electron chi connectivity index (χ4n) is 2.08. The van der Waals surface area contributed by atoms with Crippen LogP contribution in [0.2, 0.25) is 0 Å². The van der Waals surface area contributed by atoms with Crippen molar-refractivity contribution in [2.45, 2.75) is 18.7 Å². The molecule has 4 nitrogen and oxygen atoms in total. The molecule has 0 radical (unpaired) electrons. The second kappa shape index (κ2) is 5.37. The second-order valence-electron chi connectivity index (χ2n) is 4.89. The minimum atomic E-state index is -3.80. The SMILES string of the molecule is Cc1ccc(C)c(S(=O)(=O)N(C)c2ccc(F)cc2)c1N. The number of nitrogen functional groups attached to an aromatic ring is 1. The van der Waals surface area contributed by atoms with Gasteiger partial charge in [-0.2, -0.15) is 0 Å². The van der Waals surface area contributed by atoms with Gasteiger partial charge in [0.1, 0.15) is 10.7 Å². The topological polar surface area (TPSA) is 63.4 Å². The Kier molecular flexibility index (Phi) is 3.91. The van der Waals surface area contributed by atoms with Crippen molar-refractivity contribution in [2.75, 3.05) is 17.1 Å². The number of benzene rings is 2. The van der Waals surface area contributed by atoms with E-state index in [0.717, 1.165) is 4.31 Å². The van der Waals surface area contributed by atoms with Gasteiger partial charge >= 0.3 is 0 Å². The van der Waals surface area contributed by atoms with E-state index in [0.29, 0.717) is 16.8 Å². The monoisotopic (exact) mass is 308 g/mol. The maximum absolute atomic E-state index is 13.0. The number of rotatable bonds is 3. The fourth-order valence-corrected chi connectivity index (χ4v) is 3.66. The van der Waals surface area contributed by atoms with E-state index >= 15 is 0 Å². The fraction of sp³-hybridized carbons (Fsp3) is 0.200. The van der Waals surface area contributed by atoms with Crippen molar-refractivity contribution >= 4 is 21.4 Å². The van der Waals surface area contributed by atoms with Crippen LogP contribution in [0.15, 0.2) is 41.3 Å². The van der Waals surface area contributed by atoms with E-state index in [1.165, 1.54) is 31.3 Å². The molecule has 2 N–H and O–H groups in total. The van der Waals surface area contributed by atoms with Crippen LogP contribution in [0.4, 0.5) is 15.8 Å². The molecule has 0 aliphatic carbocycles. The van der Waals surface area contributed by atoms with Gasteiger partial charge in [-0.25, -0.2) is 12.8 Å². The number of halogens is 1. The summed E-state index contributed by atoms with van der Waals surface area (Å²) in [5, 5.41) is 0. The minimum absolute atomic E-state index is 0.0920. The predicted molar refractivity (Wildman–Crippen MR) is 82.3 cm³/mol. The van der Waals surface area contributed by atoms with Crippen molar-refractivity contribution in [1.82, 2.24) is 0 Å². The summed E-state index contributed by atoms with van der Waals surface area (Å²) in [5.41, 5.74) is 7.83. The van der Waals surface area contributed by atoms with Crippen molar-refractivity contribution in [2.24, 2.45) is 0 Å². The lowest BCUT2D eigenvalue weighted by molar-refractivity contribution is 0.593. The van der Waals surface area contributed by atoms with Gasteiger partial charge in [0, 0.05) is 7.05 Å². The summed E-state index contributed by atoms with van der Waals surface area (Å²) in [6.07, 6.45) is 0. The van der Waals surface area contributed by atoms with Crippen LogP contribution in [0.25, 0.3) is 0 Å². The van der Waals surface area contributed by atoms with E-state index in [1.54, 1.807) is 26.0 Å². The first-order valence-electron chi connectivity index (χ1n) is 6.35. The van der Waals surface area contributed by atoms with Gasteiger partial charge in [0.05, 0.1) is 11.4 Å². The lowest BCUT2D eigenvalue weighted by atomic mass is 10.1. The van der Waals surface area contributed by atoms with Crippen LogP contribution in [0, 0.1) is 19.7 Å². The van der Waals surface area contributed by atoms with Gasteiger partial charge in [0.15, 0.2) is 0 Å². The zero-order valence-corrected chi connectivity index (χ0v) is 12.9. The highest BCUT2D eigenvalue weighted by molar-refractivity contribution is 7.93. The summed E-state index contributed by atoms with van der Waals surface area (Å²) >= 11 is 0. The first-order valence-corrected chi connectivity index (χ1v) is 7.79. The number of hydrogen-bond donors (Lipinski definition) is 1. The van der Waals surface area contributed by atoms with Crippen LogP contribution >= 0.6 is 0 Å². The minimum Gasteiger partial charge on any atom is -0.397 e. The molecule has 2 rings (SSSR count). The Hall–Kier alpha value is -2.08. The largest absolute Gasteiger partial charge is 0.397 e. The molecule has 2 aromatic carbocycles. The molecule has 2 aromatic rings. The molecule has 0 aliphatic heterocycles. The molecule has 112 valence electrons. The van der Waals surface area contributed by atoms with Crippen molar-refractivity contribution in [3.05, 3.63) is 53.3 Å². The van der Waals surface area contributed by atoms with Gasteiger partial charge in [-0.15, -0.1) is 0 Å². The molecular weight excluding hydrogens is 291 g/mol. The molecule has 0 atom stereocenters. The summed E-state index contributed by atoms with van der Waals surface area (Å²) in [4.78, 5) is 0.0920. The van der Waals surface area contributed by atoms with Gasteiger partial charge in [0.2, 0.25) is 0 Å². The molecule has 0 bridgehead atoms. The maximum atomic E-state index is 13.0. The quantitative estimate of drug-likeness (QED) is 0.887. The van der Waals surface area contributed by atoms with E-state index < -0.39 is 15.8 Å². The van der Waals surface area contributed by atoms with Crippen molar-refractivity contribution in [3.8, 4) is 0 Å². The molecule has 21 heavy (non-hydrogen) atoms. The highest BCUT2D eigenvalue weighted by atomic mass is 32.2. The third-order valence-corrected chi connectivity index (χ3v) is 5.41. The smallest absolute Gasteiger partial charge is 0.266 e. The molecule has 0 spiro atoms. The summed E-state index contributed by atoms with van der Waals surface area (Å²) in [5.74, 6) is -0.421. The van der Waals surface area contributed by atoms with Gasteiger partial charge in [-0.3, -0.25) is 4.31 Å². The highest BCUT2D eigenvalue weighted by Crippen LogP contribution is 2.30. The number of hydrogen-bond acceptors (Lipinski definition) is 3. The maximum Gasteiger partial charge on any atom is 0.266 e. The number of nitrogens with two attached hydrogens (primary N) is 1. The first-order chi connectivity index (χ1) is 9.75. The van der Waals surface area contributed by atoms with E-state index in [1.807, 2.05) is 0 Å². The Morgan fingerprint density at radius 2 is 1.52 bits per heavy atom. The normalized spacial score (nSPS) is 11.4. The van der Waals surface area contributed by atoms with Gasteiger partial charge < -0.3 is 5.73 Å². The Morgan fingerprint density at radius 1 is 1.00 bits per heavy atom. The molecule has 0 unspecified atom stereocenters. The summed E-state index contributed by atoms with van der Waals surface area (Å²) < 4.78 is 39.6. The van der Waals surface area contributed by atoms with Crippen molar-refractivity contribution < 1.29 is 12.8 Å². The Balaban J connectivity index is 2.57.